The van der Waals surface area contributed by atoms with E-state index in [1.54, 1.807) is 0 Å². The molecule has 1 N–H and O–H groups in total. The number of para-hydroxylation sites is 1. The van der Waals surface area contributed by atoms with Crippen LogP contribution in [0.3, 0.4) is 0 Å². The van der Waals surface area contributed by atoms with E-state index in [-0.39, 0.29) is 23.0 Å². The van der Waals surface area contributed by atoms with Crippen molar-refractivity contribution in [3.63, 3.8) is 0 Å². The molecule has 0 radical (unpaired) electrons. The van der Waals surface area contributed by atoms with Crippen molar-refractivity contribution in [3.05, 3.63) is 69.4 Å². The summed E-state index contributed by atoms with van der Waals surface area (Å²) in [5.74, 6) is -0.234. The minimum atomic E-state index is -0.534. The second-order valence-electron chi connectivity index (χ2n) is 5.43. The lowest BCUT2D eigenvalue weighted by molar-refractivity contribution is -0.384. The number of nitrogens with zero attached hydrogens (tertiary/aromatic N) is 2. The summed E-state index contributed by atoms with van der Waals surface area (Å²) in [5.41, 5.74) is 2.19. The standard InChI is InChI=1S/C17H14ClN3O3/c1-20-10-11(13-4-2-3-5-16(13)20)8-17(22)19-15-7-6-12(21(23)24)9-14(15)18/h2-7,9-10H,8H2,1H3,(H,19,22). The van der Waals surface area contributed by atoms with E-state index in [2.05, 4.69) is 5.32 Å². The Morgan fingerprint density at radius 2 is 2.04 bits per heavy atom. The van der Waals surface area contributed by atoms with Gasteiger partial charge < -0.3 is 9.88 Å². The van der Waals surface area contributed by atoms with Crippen LogP contribution in [0.4, 0.5) is 11.4 Å². The van der Waals surface area contributed by atoms with Crippen LogP contribution in [0, 0.1) is 10.1 Å². The van der Waals surface area contributed by atoms with Crippen LogP contribution < -0.4 is 5.32 Å². The van der Waals surface area contributed by atoms with Gasteiger partial charge in [0.05, 0.1) is 22.1 Å². The molecule has 0 unspecified atom stereocenters. The number of amides is 1. The number of rotatable bonds is 4. The fourth-order valence-corrected chi connectivity index (χ4v) is 2.87. The van der Waals surface area contributed by atoms with Crippen molar-refractivity contribution in [1.29, 1.82) is 0 Å². The van der Waals surface area contributed by atoms with Crippen LogP contribution in [-0.2, 0) is 18.3 Å². The summed E-state index contributed by atoms with van der Waals surface area (Å²) in [6, 6.07) is 11.8. The lowest BCUT2D eigenvalue weighted by Gasteiger charge is -2.06. The normalized spacial score (nSPS) is 10.8. The second-order valence-corrected chi connectivity index (χ2v) is 5.84. The maximum Gasteiger partial charge on any atom is 0.271 e. The Morgan fingerprint density at radius 1 is 1.29 bits per heavy atom. The number of halogens is 1. The monoisotopic (exact) mass is 343 g/mol. The molecule has 0 fully saturated rings. The summed E-state index contributed by atoms with van der Waals surface area (Å²) in [6.07, 6.45) is 2.11. The molecule has 0 aliphatic rings. The smallest absolute Gasteiger partial charge is 0.271 e. The Bertz CT molecular complexity index is 949. The van der Waals surface area contributed by atoms with Crippen molar-refractivity contribution in [2.24, 2.45) is 7.05 Å². The van der Waals surface area contributed by atoms with Crippen LogP contribution in [0.5, 0.6) is 0 Å². The number of nitrogens with one attached hydrogen (secondary N) is 1. The Balaban J connectivity index is 1.79. The number of carbonyl (C=O) groups is 1. The van der Waals surface area contributed by atoms with E-state index in [1.165, 1.54) is 18.2 Å². The molecule has 0 atom stereocenters. The van der Waals surface area contributed by atoms with E-state index in [1.807, 2.05) is 42.1 Å². The summed E-state index contributed by atoms with van der Waals surface area (Å²) in [6.45, 7) is 0. The van der Waals surface area contributed by atoms with Crippen molar-refractivity contribution in [2.45, 2.75) is 6.42 Å². The number of nitro benzene ring substituents is 1. The summed E-state index contributed by atoms with van der Waals surface area (Å²) >= 11 is 6.00. The predicted octanol–water partition coefficient (Wildman–Crippen LogP) is 3.92. The third kappa shape index (κ3) is 3.09. The number of aryl methyl sites for hydroxylation is 1. The van der Waals surface area contributed by atoms with Crippen LogP contribution in [0.1, 0.15) is 5.56 Å². The average molecular weight is 344 g/mol. The molecule has 7 heteroatoms. The highest BCUT2D eigenvalue weighted by molar-refractivity contribution is 6.34. The highest BCUT2D eigenvalue weighted by Crippen LogP contribution is 2.27. The summed E-state index contributed by atoms with van der Waals surface area (Å²) in [7, 11) is 1.93. The highest BCUT2D eigenvalue weighted by Gasteiger charge is 2.14. The minimum Gasteiger partial charge on any atom is -0.350 e. The molecule has 0 saturated carbocycles. The van der Waals surface area contributed by atoms with Gasteiger partial charge in [0.15, 0.2) is 0 Å². The fourth-order valence-electron chi connectivity index (χ4n) is 2.65. The molecule has 0 spiro atoms. The topological polar surface area (TPSA) is 77.2 Å². The molecule has 1 amide bonds. The first-order valence-corrected chi connectivity index (χ1v) is 7.60. The Labute approximate surface area is 142 Å². The van der Waals surface area contributed by atoms with E-state index in [0.717, 1.165) is 16.5 Å². The highest BCUT2D eigenvalue weighted by atomic mass is 35.5. The zero-order chi connectivity index (χ0) is 17.3. The average Bonchev–Trinajstić information content (AvgIpc) is 2.86. The van der Waals surface area contributed by atoms with E-state index >= 15 is 0 Å². The van der Waals surface area contributed by atoms with Crippen molar-refractivity contribution in [1.82, 2.24) is 4.57 Å². The Morgan fingerprint density at radius 3 is 2.75 bits per heavy atom. The minimum absolute atomic E-state index is 0.118. The van der Waals surface area contributed by atoms with Gasteiger partial charge in [-0.1, -0.05) is 29.8 Å². The van der Waals surface area contributed by atoms with Crippen molar-refractivity contribution in [2.75, 3.05) is 5.32 Å². The van der Waals surface area contributed by atoms with Gasteiger partial charge in [-0.25, -0.2) is 0 Å². The predicted molar refractivity (Wildman–Crippen MR) is 93.4 cm³/mol. The van der Waals surface area contributed by atoms with Gasteiger partial charge in [-0.2, -0.15) is 0 Å². The largest absolute Gasteiger partial charge is 0.350 e. The molecule has 0 saturated heterocycles. The molecular weight excluding hydrogens is 330 g/mol. The molecule has 1 heterocycles. The Hall–Kier alpha value is -2.86. The molecule has 3 rings (SSSR count). The third-order valence-corrected chi connectivity index (χ3v) is 4.08. The van der Waals surface area contributed by atoms with Gasteiger partial charge in [0.25, 0.3) is 5.69 Å². The van der Waals surface area contributed by atoms with Gasteiger partial charge in [0.2, 0.25) is 5.91 Å². The SMILES string of the molecule is Cn1cc(CC(=O)Nc2ccc([N+](=O)[O-])cc2Cl)c2ccccc21. The lowest BCUT2D eigenvalue weighted by Crippen LogP contribution is -2.14. The Kier molecular flexibility index (Phi) is 4.22. The third-order valence-electron chi connectivity index (χ3n) is 3.77. The number of hydrogen-bond donors (Lipinski definition) is 1. The van der Waals surface area contributed by atoms with E-state index < -0.39 is 4.92 Å². The molecule has 122 valence electrons. The number of carbonyl (C=O) groups excluding carboxylic acids is 1. The van der Waals surface area contributed by atoms with Crippen LogP contribution in [0.25, 0.3) is 10.9 Å². The summed E-state index contributed by atoms with van der Waals surface area (Å²) < 4.78 is 1.97. The van der Waals surface area contributed by atoms with Crippen LogP contribution >= 0.6 is 11.6 Å². The molecule has 6 nitrogen and oxygen atoms in total. The molecule has 3 aromatic rings. The molecule has 1 aromatic heterocycles. The number of anilines is 1. The van der Waals surface area contributed by atoms with Crippen LogP contribution in [0.15, 0.2) is 48.7 Å². The molecule has 0 aliphatic heterocycles. The first-order valence-electron chi connectivity index (χ1n) is 7.22. The van der Waals surface area contributed by atoms with Crippen LogP contribution in [0.2, 0.25) is 5.02 Å². The number of benzene rings is 2. The first-order chi connectivity index (χ1) is 11.5. The number of nitro groups is 1. The van der Waals surface area contributed by atoms with Gasteiger partial charge in [0, 0.05) is 36.3 Å². The van der Waals surface area contributed by atoms with E-state index in [0.29, 0.717) is 5.69 Å². The lowest BCUT2D eigenvalue weighted by atomic mass is 10.1. The van der Waals surface area contributed by atoms with E-state index in [4.69, 9.17) is 11.6 Å². The van der Waals surface area contributed by atoms with Gasteiger partial charge >= 0.3 is 0 Å². The number of aromatic nitrogens is 1. The maximum atomic E-state index is 12.3. The van der Waals surface area contributed by atoms with Gasteiger partial charge in [-0.3, -0.25) is 14.9 Å². The fraction of sp³-hybridized carbons (Fsp3) is 0.118. The summed E-state index contributed by atoms with van der Waals surface area (Å²) in [5, 5.41) is 14.6. The molecule has 24 heavy (non-hydrogen) atoms. The van der Waals surface area contributed by atoms with Crippen LogP contribution in [-0.4, -0.2) is 15.4 Å². The number of non-ortho nitro benzene ring substituents is 1. The molecule has 0 aliphatic carbocycles. The van der Waals surface area contributed by atoms with Crippen molar-refractivity contribution < 1.29 is 9.72 Å². The maximum absolute atomic E-state index is 12.3. The number of hydrogen-bond acceptors (Lipinski definition) is 3. The first kappa shape index (κ1) is 16.0. The van der Waals surface area contributed by atoms with Gasteiger partial charge in [0.1, 0.15) is 0 Å². The zero-order valence-electron chi connectivity index (χ0n) is 12.8. The van der Waals surface area contributed by atoms with Gasteiger partial charge in [-0.05, 0) is 17.7 Å². The molecule has 0 bridgehead atoms. The molecule has 2 aromatic carbocycles. The van der Waals surface area contributed by atoms with Crippen molar-refractivity contribution in [3.8, 4) is 0 Å². The quantitative estimate of drug-likeness (QED) is 0.576. The number of fused-ring (bicyclic) bond motifs is 1. The zero-order valence-corrected chi connectivity index (χ0v) is 13.6. The van der Waals surface area contributed by atoms with Gasteiger partial charge in [-0.15, -0.1) is 0 Å². The van der Waals surface area contributed by atoms with E-state index in [9.17, 15) is 14.9 Å². The van der Waals surface area contributed by atoms with Crippen molar-refractivity contribution >= 4 is 39.8 Å². The second kappa shape index (κ2) is 6.33. The molecular formula is C17H14ClN3O3. The summed E-state index contributed by atoms with van der Waals surface area (Å²) in [4.78, 5) is 22.5.